The number of sulfonamides is 1. The van der Waals surface area contributed by atoms with Crippen LogP contribution in [-0.2, 0) is 16.4 Å². The lowest BCUT2D eigenvalue weighted by atomic mass is 10.1. The Labute approximate surface area is 187 Å². The molecular formula is C23H25N3O5S. The molecule has 0 aliphatic carbocycles. The number of primary sulfonamides is 1. The van der Waals surface area contributed by atoms with Gasteiger partial charge in [0, 0.05) is 18.8 Å². The number of benzene rings is 3. The van der Waals surface area contributed by atoms with Crippen molar-refractivity contribution in [2.45, 2.75) is 18.2 Å². The van der Waals surface area contributed by atoms with Crippen molar-refractivity contribution in [3.05, 3.63) is 77.9 Å². The molecule has 0 aliphatic heterocycles. The van der Waals surface area contributed by atoms with Gasteiger partial charge in [-0.1, -0.05) is 30.3 Å². The van der Waals surface area contributed by atoms with Crippen LogP contribution in [0.5, 0.6) is 11.5 Å². The average molecular weight is 456 g/mol. The molecule has 3 aromatic rings. The predicted molar refractivity (Wildman–Crippen MR) is 124 cm³/mol. The summed E-state index contributed by atoms with van der Waals surface area (Å²) in [7, 11) is -4.27. The van der Waals surface area contributed by atoms with Crippen LogP contribution in [0.25, 0.3) is 0 Å². The highest BCUT2D eigenvalue weighted by Gasteiger charge is 2.23. The number of carboxylic acid groups (broad SMARTS) is 1. The smallest absolute Gasteiger partial charge is 0.335 e. The fourth-order valence-corrected chi connectivity index (χ4v) is 3.82. The van der Waals surface area contributed by atoms with Gasteiger partial charge in [-0.15, -0.1) is 0 Å². The Morgan fingerprint density at radius 3 is 2.31 bits per heavy atom. The van der Waals surface area contributed by atoms with E-state index in [4.69, 9.17) is 9.88 Å². The van der Waals surface area contributed by atoms with Gasteiger partial charge in [-0.25, -0.2) is 18.4 Å². The van der Waals surface area contributed by atoms with E-state index in [0.717, 1.165) is 23.9 Å². The van der Waals surface area contributed by atoms with Crippen molar-refractivity contribution in [1.29, 1.82) is 0 Å². The van der Waals surface area contributed by atoms with Crippen LogP contribution >= 0.6 is 0 Å². The summed E-state index contributed by atoms with van der Waals surface area (Å²) in [4.78, 5) is 11.2. The zero-order chi connectivity index (χ0) is 23.1. The van der Waals surface area contributed by atoms with E-state index in [2.05, 4.69) is 10.6 Å². The highest BCUT2D eigenvalue weighted by Crippen LogP contribution is 2.37. The highest BCUT2D eigenvalue weighted by molar-refractivity contribution is 7.89. The van der Waals surface area contributed by atoms with Crippen LogP contribution in [-0.4, -0.2) is 32.6 Å². The maximum Gasteiger partial charge on any atom is 0.335 e. The number of nitrogens with one attached hydrogen (secondary N) is 2. The third kappa shape index (κ3) is 5.99. The maximum atomic E-state index is 12.3. The Morgan fingerprint density at radius 2 is 1.72 bits per heavy atom. The molecule has 0 aromatic heterocycles. The van der Waals surface area contributed by atoms with E-state index in [1.54, 1.807) is 24.3 Å². The molecular weight excluding hydrogens is 430 g/mol. The number of aromatic carboxylic acids is 1. The van der Waals surface area contributed by atoms with Crippen LogP contribution in [0.2, 0.25) is 0 Å². The van der Waals surface area contributed by atoms with Gasteiger partial charge in [-0.3, -0.25) is 0 Å². The summed E-state index contributed by atoms with van der Waals surface area (Å²) in [6.07, 6.45) is 0.639. The first kappa shape index (κ1) is 23.1. The van der Waals surface area contributed by atoms with Gasteiger partial charge in [0.15, 0.2) is 5.75 Å². The lowest BCUT2D eigenvalue weighted by Gasteiger charge is -2.17. The molecule has 3 rings (SSSR count). The molecule has 0 bridgehead atoms. The average Bonchev–Trinajstić information content (AvgIpc) is 2.76. The van der Waals surface area contributed by atoms with Crippen LogP contribution in [0, 0.1) is 0 Å². The van der Waals surface area contributed by atoms with E-state index in [1.165, 1.54) is 6.07 Å². The van der Waals surface area contributed by atoms with Gasteiger partial charge in [0.25, 0.3) is 0 Å². The Kier molecular flexibility index (Phi) is 7.34. The van der Waals surface area contributed by atoms with Crippen LogP contribution in [0.15, 0.2) is 71.6 Å². The van der Waals surface area contributed by atoms with E-state index in [9.17, 15) is 18.3 Å². The molecule has 5 N–H and O–H groups in total. The van der Waals surface area contributed by atoms with E-state index in [0.29, 0.717) is 18.7 Å². The Bertz CT molecular complexity index is 1180. The summed E-state index contributed by atoms with van der Waals surface area (Å²) in [5, 5.41) is 21.1. The van der Waals surface area contributed by atoms with E-state index < -0.39 is 20.9 Å². The number of carboxylic acids is 1. The van der Waals surface area contributed by atoms with E-state index in [-0.39, 0.29) is 17.0 Å². The molecule has 9 heteroatoms. The van der Waals surface area contributed by atoms with Gasteiger partial charge < -0.3 is 20.5 Å². The SMILES string of the molecule is CCNc1ccc(Oc2c(NCCc3ccccc3)cc(C(=O)O)cc2S(N)(=O)=O)cc1. The molecule has 0 saturated heterocycles. The number of hydrogen-bond donors (Lipinski definition) is 4. The Hall–Kier alpha value is -3.56. The standard InChI is InChI=1S/C23H25N3O5S/c1-2-25-18-8-10-19(11-9-18)31-22-20(26-13-12-16-6-4-3-5-7-16)14-17(23(27)28)15-21(22)32(24,29)30/h3-11,14-15,25-26H,2,12-13H2,1H3,(H,27,28)(H2,24,29,30). The van der Waals surface area contributed by atoms with Gasteiger partial charge in [0.05, 0.1) is 11.3 Å². The third-order valence-electron chi connectivity index (χ3n) is 4.64. The first-order valence-electron chi connectivity index (χ1n) is 10.0. The maximum absolute atomic E-state index is 12.3. The third-order valence-corrected chi connectivity index (χ3v) is 5.55. The van der Waals surface area contributed by atoms with Crippen LogP contribution in [0.4, 0.5) is 11.4 Å². The van der Waals surface area contributed by atoms with Gasteiger partial charge in [-0.05, 0) is 55.3 Å². The summed E-state index contributed by atoms with van der Waals surface area (Å²) in [5.74, 6) is -0.949. The van der Waals surface area contributed by atoms with Crippen molar-refractivity contribution in [3.63, 3.8) is 0 Å². The van der Waals surface area contributed by atoms with Crippen molar-refractivity contribution < 1.29 is 23.1 Å². The molecule has 0 spiro atoms. The number of rotatable bonds is 10. The van der Waals surface area contributed by atoms with Gasteiger partial charge in [0.1, 0.15) is 10.6 Å². The molecule has 8 nitrogen and oxygen atoms in total. The van der Waals surface area contributed by atoms with E-state index >= 15 is 0 Å². The fourth-order valence-electron chi connectivity index (χ4n) is 3.12. The van der Waals surface area contributed by atoms with Crippen molar-refractivity contribution in [1.82, 2.24) is 0 Å². The summed E-state index contributed by atoms with van der Waals surface area (Å²) in [5.41, 5.74) is 1.96. The Balaban J connectivity index is 1.97. The second kappa shape index (κ2) is 10.2. The van der Waals surface area contributed by atoms with Crippen LogP contribution < -0.4 is 20.5 Å². The molecule has 3 aromatic carbocycles. The summed E-state index contributed by atoms with van der Waals surface area (Å²) < 4.78 is 30.4. The molecule has 0 aliphatic rings. The number of ether oxygens (including phenoxy) is 1. The lowest BCUT2D eigenvalue weighted by Crippen LogP contribution is -2.16. The summed E-state index contributed by atoms with van der Waals surface area (Å²) in [6, 6.07) is 19.0. The minimum atomic E-state index is -4.27. The molecule has 0 fully saturated rings. The molecule has 0 saturated carbocycles. The molecule has 0 atom stereocenters. The molecule has 0 amide bonds. The van der Waals surface area contributed by atoms with Crippen molar-refractivity contribution in [3.8, 4) is 11.5 Å². The monoisotopic (exact) mass is 455 g/mol. The lowest BCUT2D eigenvalue weighted by molar-refractivity contribution is 0.0696. The summed E-state index contributed by atoms with van der Waals surface area (Å²) in [6.45, 7) is 3.15. The Morgan fingerprint density at radius 1 is 1.03 bits per heavy atom. The first-order valence-corrected chi connectivity index (χ1v) is 11.6. The quantitative estimate of drug-likeness (QED) is 0.364. The van der Waals surface area contributed by atoms with Gasteiger partial charge in [-0.2, -0.15) is 0 Å². The molecule has 32 heavy (non-hydrogen) atoms. The van der Waals surface area contributed by atoms with Gasteiger partial charge in [0.2, 0.25) is 10.0 Å². The second-order valence-electron chi connectivity index (χ2n) is 7.02. The van der Waals surface area contributed by atoms with Crippen LogP contribution in [0.3, 0.4) is 0 Å². The second-order valence-corrected chi connectivity index (χ2v) is 8.55. The molecule has 0 radical (unpaired) electrons. The highest BCUT2D eigenvalue weighted by atomic mass is 32.2. The zero-order valence-electron chi connectivity index (χ0n) is 17.5. The topological polar surface area (TPSA) is 131 Å². The summed E-state index contributed by atoms with van der Waals surface area (Å²) >= 11 is 0. The zero-order valence-corrected chi connectivity index (χ0v) is 18.4. The van der Waals surface area contributed by atoms with E-state index in [1.807, 2.05) is 37.3 Å². The predicted octanol–water partition coefficient (Wildman–Crippen LogP) is 3.91. The molecule has 0 heterocycles. The minimum Gasteiger partial charge on any atom is -0.478 e. The van der Waals surface area contributed by atoms with Gasteiger partial charge >= 0.3 is 5.97 Å². The number of carbonyl (C=O) groups is 1. The largest absolute Gasteiger partial charge is 0.478 e. The number of hydrogen-bond acceptors (Lipinski definition) is 6. The number of anilines is 2. The minimum absolute atomic E-state index is 0.0539. The fraction of sp³-hybridized carbons (Fsp3) is 0.174. The van der Waals surface area contributed by atoms with Crippen LogP contribution in [0.1, 0.15) is 22.8 Å². The van der Waals surface area contributed by atoms with Crippen molar-refractivity contribution in [2.24, 2.45) is 5.14 Å². The molecule has 0 unspecified atom stereocenters. The normalized spacial score (nSPS) is 11.1. The van der Waals surface area contributed by atoms with Crippen molar-refractivity contribution in [2.75, 3.05) is 23.7 Å². The first-order chi connectivity index (χ1) is 15.3. The van der Waals surface area contributed by atoms with Crippen molar-refractivity contribution >= 4 is 27.4 Å². The molecule has 168 valence electrons. The number of nitrogens with two attached hydrogens (primary N) is 1.